The van der Waals surface area contributed by atoms with Gasteiger partial charge in [0.25, 0.3) is 0 Å². The number of allylic oxidation sites excluding steroid dienone is 24. The molecular weight excluding hydrogens is 1430 g/mol. The van der Waals surface area contributed by atoms with Crippen LogP contribution in [0.3, 0.4) is 0 Å². The Kier molecular flexibility index (Phi) is 78.2. The number of aliphatic hydroxyl groups is 1. The lowest BCUT2D eigenvalue weighted by atomic mass is 10.1. The van der Waals surface area contributed by atoms with Gasteiger partial charge in [-0.3, -0.25) is 37.3 Å². The van der Waals surface area contributed by atoms with Crippen molar-refractivity contribution in [3.63, 3.8) is 0 Å². The maximum atomic E-state index is 13.2. The molecule has 630 valence electrons. The minimum absolute atomic E-state index is 0.0728. The first-order valence-corrected chi connectivity index (χ1v) is 46.1. The first kappa shape index (κ1) is 105. The highest BCUT2D eigenvalue weighted by Crippen LogP contribution is 2.45. The summed E-state index contributed by atoms with van der Waals surface area (Å²) in [5.74, 6) is -2.23. The summed E-state index contributed by atoms with van der Waals surface area (Å²) in [4.78, 5) is 73.3. The molecule has 3 N–H and O–H groups in total. The molecule has 0 aliphatic rings. The van der Waals surface area contributed by atoms with Crippen molar-refractivity contribution in [2.75, 3.05) is 39.6 Å². The van der Waals surface area contributed by atoms with Crippen LogP contribution in [0, 0.1) is 0 Å². The van der Waals surface area contributed by atoms with Gasteiger partial charge in [0.1, 0.15) is 19.3 Å². The van der Waals surface area contributed by atoms with Crippen LogP contribution in [0.1, 0.15) is 349 Å². The largest absolute Gasteiger partial charge is 0.472 e. The second-order valence-electron chi connectivity index (χ2n) is 28.4. The van der Waals surface area contributed by atoms with E-state index >= 15 is 0 Å². The number of esters is 4. The number of unbranched alkanes of at least 4 members (excludes halogenated alkanes) is 30. The first-order chi connectivity index (χ1) is 53.7. The van der Waals surface area contributed by atoms with Crippen molar-refractivity contribution in [3.05, 3.63) is 146 Å². The molecule has 5 atom stereocenters. The van der Waals surface area contributed by atoms with Gasteiger partial charge in [-0.05, 0) is 167 Å². The van der Waals surface area contributed by atoms with E-state index in [1.54, 1.807) is 0 Å². The Labute approximate surface area is 668 Å². The van der Waals surface area contributed by atoms with Crippen LogP contribution in [0.2, 0.25) is 0 Å². The zero-order chi connectivity index (χ0) is 80.3. The Balaban J connectivity index is 5.43. The minimum atomic E-state index is -5.00. The van der Waals surface area contributed by atoms with Crippen LogP contribution < -0.4 is 0 Å². The molecule has 0 saturated carbocycles. The van der Waals surface area contributed by atoms with E-state index in [1.165, 1.54) is 57.8 Å². The average molecular weight is 1580 g/mol. The van der Waals surface area contributed by atoms with Crippen LogP contribution in [0.15, 0.2) is 146 Å². The molecule has 0 aromatic carbocycles. The molecule has 0 rings (SSSR count). The molecule has 0 heterocycles. The second kappa shape index (κ2) is 81.9. The van der Waals surface area contributed by atoms with Gasteiger partial charge in [-0.25, -0.2) is 9.13 Å². The number of rotatable bonds is 80. The summed E-state index contributed by atoms with van der Waals surface area (Å²) in [5, 5.41) is 10.7. The van der Waals surface area contributed by atoms with Crippen molar-refractivity contribution in [1.29, 1.82) is 0 Å². The smallest absolute Gasteiger partial charge is 0.462 e. The fourth-order valence-electron chi connectivity index (χ4n) is 11.3. The molecule has 0 spiro atoms. The fraction of sp³-hybridized carbons (Fsp3) is 0.692. The highest BCUT2D eigenvalue weighted by atomic mass is 31.2. The maximum absolute atomic E-state index is 13.2. The van der Waals surface area contributed by atoms with Gasteiger partial charge in [0.2, 0.25) is 0 Å². The third kappa shape index (κ3) is 81.0. The van der Waals surface area contributed by atoms with E-state index in [4.69, 9.17) is 37.0 Å². The van der Waals surface area contributed by atoms with Crippen LogP contribution in [0.4, 0.5) is 0 Å². The molecule has 0 aromatic rings. The number of hydrogen-bond donors (Lipinski definition) is 3. The Hall–Kier alpha value is -5.06. The molecule has 0 saturated heterocycles. The Morgan fingerprint density at radius 3 is 0.755 bits per heavy atom. The number of carbonyl (C=O) groups is 4. The van der Waals surface area contributed by atoms with Crippen molar-refractivity contribution in [2.24, 2.45) is 0 Å². The molecule has 0 radical (unpaired) electrons. The van der Waals surface area contributed by atoms with Crippen LogP contribution in [-0.2, 0) is 65.4 Å². The lowest BCUT2D eigenvalue weighted by Gasteiger charge is -2.21. The second-order valence-corrected chi connectivity index (χ2v) is 31.3. The number of hydrogen-bond acceptors (Lipinski definition) is 15. The molecule has 110 heavy (non-hydrogen) atoms. The van der Waals surface area contributed by atoms with Gasteiger partial charge < -0.3 is 33.8 Å². The van der Waals surface area contributed by atoms with E-state index in [9.17, 15) is 43.2 Å². The Morgan fingerprint density at radius 1 is 0.264 bits per heavy atom. The number of phosphoric ester groups is 2. The van der Waals surface area contributed by atoms with E-state index in [0.717, 1.165) is 212 Å². The quantitative estimate of drug-likeness (QED) is 0.0169. The Bertz CT molecular complexity index is 2650. The predicted molar refractivity (Wildman–Crippen MR) is 454 cm³/mol. The first-order valence-electron chi connectivity index (χ1n) is 43.1. The van der Waals surface area contributed by atoms with Crippen LogP contribution in [0.5, 0.6) is 0 Å². The van der Waals surface area contributed by atoms with Gasteiger partial charge in [0, 0.05) is 25.7 Å². The molecule has 0 aliphatic carbocycles. The highest BCUT2D eigenvalue weighted by Gasteiger charge is 2.30. The van der Waals surface area contributed by atoms with Crippen molar-refractivity contribution >= 4 is 39.5 Å². The van der Waals surface area contributed by atoms with Crippen molar-refractivity contribution in [3.8, 4) is 0 Å². The SMILES string of the molecule is CC/C=C\C/C=C\C/C=C\C/C=C\CCCCCCCCC(=O)OCC(COP(=O)(O)OCC(O)COP(=O)(O)OCC(COC(=O)CCCCCC/C=C\C/C=C\C/C=C\C/C=C\CC)OC(=O)CCCCCCC/C=C\CCCCCCCC)OC(=O)CCCCCCCC/C=C\C/C=C\C/C=C\CCCCC. The molecule has 0 fully saturated rings. The van der Waals surface area contributed by atoms with E-state index in [0.29, 0.717) is 25.7 Å². The topological polar surface area (TPSA) is 237 Å². The van der Waals surface area contributed by atoms with Crippen LogP contribution in [0.25, 0.3) is 0 Å². The summed E-state index contributed by atoms with van der Waals surface area (Å²) in [7, 11) is -9.99. The minimum Gasteiger partial charge on any atom is -0.462 e. The highest BCUT2D eigenvalue weighted by molar-refractivity contribution is 7.47. The maximum Gasteiger partial charge on any atom is 0.472 e. The monoisotopic (exact) mass is 1580 g/mol. The summed E-state index contributed by atoms with van der Waals surface area (Å²) >= 11 is 0. The zero-order valence-corrected chi connectivity index (χ0v) is 70.9. The molecule has 0 amide bonds. The fourth-order valence-corrected chi connectivity index (χ4v) is 12.8. The zero-order valence-electron chi connectivity index (χ0n) is 69.1. The molecule has 19 heteroatoms. The number of carbonyl (C=O) groups excluding carboxylic acids is 4. The molecular formula is C91H154O17P2. The Morgan fingerprint density at radius 2 is 0.473 bits per heavy atom. The van der Waals surface area contributed by atoms with Crippen LogP contribution in [-0.4, -0.2) is 96.7 Å². The van der Waals surface area contributed by atoms with Crippen molar-refractivity contribution < 1.29 is 80.2 Å². The van der Waals surface area contributed by atoms with Gasteiger partial charge in [-0.2, -0.15) is 0 Å². The van der Waals surface area contributed by atoms with Gasteiger partial charge in [0.05, 0.1) is 26.4 Å². The molecule has 5 unspecified atom stereocenters. The van der Waals surface area contributed by atoms with E-state index in [1.807, 2.05) is 0 Å². The summed E-state index contributed by atoms with van der Waals surface area (Å²) in [6, 6.07) is 0. The van der Waals surface area contributed by atoms with Gasteiger partial charge in [-0.15, -0.1) is 0 Å². The van der Waals surface area contributed by atoms with Gasteiger partial charge >= 0.3 is 39.5 Å². The summed E-state index contributed by atoms with van der Waals surface area (Å²) in [5.41, 5.74) is 0. The van der Waals surface area contributed by atoms with Gasteiger partial charge in [0.15, 0.2) is 12.2 Å². The summed E-state index contributed by atoms with van der Waals surface area (Å²) < 4.78 is 68.8. The van der Waals surface area contributed by atoms with Crippen LogP contribution >= 0.6 is 15.6 Å². The number of aliphatic hydroxyl groups excluding tert-OH is 1. The molecule has 0 aliphatic heterocycles. The number of phosphoric acid groups is 2. The summed E-state index contributed by atoms with van der Waals surface area (Å²) in [6.45, 7) is 4.59. The lowest BCUT2D eigenvalue weighted by molar-refractivity contribution is -0.161. The van der Waals surface area contributed by atoms with Crippen molar-refractivity contribution in [2.45, 2.75) is 367 Å². The average Bonchev–Trinajstić information content (AvgIpc) is 0.900. The summed E-state index contributed by atoms with van der Waals surface area (Å²) in [6.07, 6.45) is 95.1. The third-order valence-electron chi connectivity index (χ3n) is 17.8. The standard InChI is InChI=1S/C91H154O17P2/c1-5-9-13-17-21-25-29-33-37-40-42-45-49-52-56-60-64-68-72-76-89(94)102-82-87(108-91(96)78-74-70-66-62-58-54-50-46-43-41-38-34-30-26-22-18-14-10-6-2)84-106-110(99,100)104-80-85(92)79-103-109(97,98)105-83-86(107-90(95)77-73-69-65-61-57-53-47-36-32-28-24-20-16-12-8-4)81-101-88(93)75-71-67-63-59-55-51-48-44-39-35-31-27-23-19-15-11-7-3/h9,11,13,15,21-23,25-27,33-39,42-43,45-48,51,85-87,92H,5-8,10,12,14,16-20,24,28-32,40-41,44,49-50,52-84H2,1-4H3,(H,97,98)(H,99,100)/b13-9-,15-11-,25-21-,26-22-,27-23-,37-33-,38-34-,39-35-,45-42-,46-43-,47-36-,51-48-. The van der Waals surface area contributed by atoms with Crippen molar-refractivity contribution in [1.82, 2.24) is 0 Å². The third-order valence-corrected chi connectivity index (χ3v) is 19.7. The molecule has 17 nitrogen and oxygen atoms in total. The predicted octanol–water partition coefficient (Wildman–Crippen LogP) is 25.8. The normalized spacial score (nSPS) is 14.5. The molecule has 0 aromatic heterocycles. The lowest BCUT2D eigenvalue weighted by Crippen LogP contribution is -2.30. The van der Waals surface area contributed by atoms with E-state index in [2.05, 4.69) is 174 Å². The molecule has 0 bridgehead atoms. The van der Waals surface area contributed by atoms with Gasteiger partial charge in [-0.1, -0.05) is 302 Å². The van der Waals surface area contributed by atoms with E-state index < -0.39 is 97.5 Å². The number of ether oxygens (including phenoxy) is 4. The van der Waals surface area contributed by atoms with E-state index in [-0.39, 0.29) is 25.7 Å².